The van der Waals surface area contributed by atoms with E-state index in [1.165, 1.54) is 41.5 Å². The van der Waals surface area contributed by atoms with Gasteiger partial charge in [0, 0.05) is 5.56 Å². The van der Waals surface area contributed by atoms with E-state index in [-0.39, 0.29) is 28.5 Å². The van der Waals surface area contributed by atoms with Gasteiger partial charge in [0.1, 0.15) is 23.1 Å². The number of aliphatic hydroxyl groups is 1. The molecule has 6 nitrogen and oxygen atoms in total. The van der Waals surface area contributed by atoms with Crippen molar-refractivity contribution in [3.8, 4) is 5.75 Å². The van der Waals surface area contributed by atoms with Crippen LogP contribution in [0.5, 0.6) is 5.75 Å². The van der Waals surface area contributed by atoms with Crippen molar-refractivity contribution in [3.63, 3.8) is 0 Å². The fraction of sp³-hybridized carbons (Fsp3) is 0.167. The molecule has 3 aromatic rings. The lowest BCUT2D eigenvalue weighted by Gasteiger charge is -2.24. The Morgan fingerprint density at radius 1 is 1.19 bits per heavy atom. The predicted octanol–water partition coefficient (Wildman–Crippen LogP) is 5.09. The van der Waals surface area contributed by atoms with Gasteiger partial charge in [-0.2, -0.15) is 0 Å². The number of carbonyl (C=O) groups is 2. The molecule has 1 aromatic heterocycles. The van der Waals surface area contributed by atoms with Crippen molar-refractivity contribution in [2.75, 3.05) is 6.61 Å². The predicted molar refractivity (Wildman–Crippen MR) is 116 cm³/mol. The molecule has 32 heavy (non-hydrogen) atoms. The number of Topliss-reactive ketones (excluding diaryl/α,β-unsaturated/α-hetero) is 1. The van der Waals surface area contributed by atoms with Crippen LogP contribution in [0.4, 0.5) is 4.39 Å². The summed E-state index contributed by atoms with van der Waals surface area (Å²) in [6, 6.07) is 12.4. The highest BCUT2D eigenvalue weighted by atomic mass is 35.5. The van der Waals surface area contributed by atoms with Crippen molar-refractivity contribution in [3.05, 3.63) is 94.2 Å². The zero-order chi connectivity index (χ0) is 22.8. The first kappa shape index (κ1) is 21.6. The van der Waals surface area contributed by atoms with Gasteiger partial charge < -0.3 is 19.2 Å². The van der Waals surface area contributed by atoms with Crippen LogP contribution in [0, 0.1) is 5.82 Å². The molecule has 0 bridgehead atoms. The molecule has 1 aliphatic rings. The highest BCUT2D eigenvalue weighted by molar-refractivity contribution is 6.46. The second-order valence-corrected chi connectivity index (χ2v) is 7.54. The van der Waals surface area contributed by atoms with Gasteiger partial charge in [0.05, 0.1) is 36.1 Å². The van der Waals surface area contributed by atoms with Crippen LogP contribution >= 0.6 is 11.6 Å². The van der Waals surface area contributed by atoms with E-state index in [9.17, 15) is 19.1 Å². The van der Waals surface area contributed by atoms with Gasteiger partial charge in [0.15, 0.2) is 0 Å². The molecule has 1 unspecified atom stereocenters. The number of hydrogen-bond donors (Lipinski definition) is 1. The van der Waals surface area contributed by atoms with Crippen LogP contribution in [0.1, 0.15) is 29.9 Å². The van der Waals surface area contributed by atoms with Crippen LogP contribution in [0.2, 0.25) is 5.02 Å². The summed E-state index contributed by atoms with van der Waals surface area (Å²) in [4.78, 5) is 27.2. The molecule has 1 fully saturated rings. The number of rotatable bonds is 6. The molecule has 2 aromatic carbocycles. The van der Waals surface area contributed by atoms with Crippen molar-refractivity contribution in [1.82, 2.24) is 4.90 Å². The lowest BCUT2D eigenvalue weighted by molar-refractivity contribution is -0.140. The Hall–Kier alpha value is -3.58. The number of benzene rings is 2. The van der Waals surface area contributed by atoms with Crippen LogP contribution in [0.3, 0.4) is 0 Å². The Morgan fingerprint density at radius 3 is 2.56 bits per heavy atom. The van der Waals surface area contributed by atoms with Gasteiger partial charge in [0.2, 0.25) is 0 Å². The van der Waals surface area contributed by atoms with Crippen LogP contribution < -0.4 is 4.74 Å². The van der Waals surface area contributed by atoms with Crippen molar-refractivity contribution in [1.29, 1.82) is 0 Å². The van der Waals surface area contributed by atoms with Crippen LogP contribution in [0.25, 0.3) is 5.76 Å². The molecule has 2 heterocycles. The summed E-state index contributed by atoms with van der Waals surface area (Å²) in [5.41, 5.74) is 0.602. The summed E-state index contributed by atoms with van der Waals surface area (Å²) in [6.45, 7) is 2.22. The van der Waals surface area contributed by atoms with Crippen molar-refractivity contribution in [2.45, 2.75) is 19.5 Å². The van der Waals surface area contributed by atoms with E-state index in [1.54, 1.807) is 24.3 Å². The summed E-state index contributed by atoms with van der Waals surface area (Å²) in [5, 5.41) is 11.3. The lowest BCUT2D eigenvalue weighted by atomic mass is 9.95. The zero-order valence-electron chi connectivity index (χ0n) is 17.0. The third-order valence-electron chi connectivity index (χ3n) is 5.14. The summed E-state index contributed by atoms with van der Waals surface area (Å²) in [6.07, 6.45) is 1.46. The Morgan fingerprint density at radius 2 is 1.94 bits per heavy atom. The number of nitrogens with zero attached hydrogens (tertiary/aromatic N) is 1. The number of hydrogen-bond acceptors (Lipinski definition) is 5. The Kier molecular flexibility index (Phi) is 6.01. The maximum Gasteiger partial charge on any atom is 0.296 e. The normalized spacial score (nSPS) is 17.7. The molecule has 1 N–H and O–H groups in total. The van der Waals surface area contributed by atoms with E-state index in [2.05, 4.69) is 0 Å². The van der Waals surface area contributed by atoms with Gasteiger partial charge in [-0.05, 0) is 55.0 Å². The first-order valence-corrected chi connectivity index (χ1v) is 10.3. The fourth-order valence-electron chi connectivity index (χ4n) is 3.68. The van der Waals surface area contributed by atoms with Crippen molar-refractivity contribution >= 4 is 29.1 Å². The lowest BCUT2D eigenvalue weighted by Crippen LogP contribution is -2.29. The van der Waals surface area contributed by atoms with Gasteiger partial charge in [-0.3, -0.25) is 9.59 Å². The van der Waals surface area contributed by atoms with E-state index in [1.807, 2.05) is 6.92 Å². The number of likely N-dealkylation sites (tertiary alicyclic amines) is 1. The quantitative estimate of drug-likeness (QED) is 0.318. The molecule has 164 valence electrons. The molecule has 0 spiro atoms. The van der Waals surface area contributed by atoms with Crippen molar-refractivity contribution < 1.29 is 28.2 Å². The van der Waals surface area contributed by atoms with Gasteiger partial charge in [-0.15, -0.1) is 0 Å². The molecule has 1 atom stereocenters. The van der Waals surface area contributed by atoms with Gasteiger partial charge >= 0.3 is 0 Å². The number of ketones is 1. The summed E-state index contributed by atoms with van der Waals surface area (Å²) in [5.74, 6) is -1.61. The second-order valence-electron chi connectivity index (χ2n) is 7.14. The third kappa shape index (κ3) is 3.99. The molecule has 0 radical (unpaired) electrons. The molecule has 1 aliphatic heterocycles. The van der Waals surface area contributed by atoms with E-state index >= 15 is 0 Å². The van der Waals surface area contributed by atoms with E-state index < -0.39 is 23.5 Å². The summed E-state index contributed by atoms with van der Waals surface area (Å²) >= 11 is 6.24. The van der Waals surface area contributed by atoms with Gasteiger partial charge in [-0.1, -0.05) is 23.7 Å². The van der Waals surface area contributed by atoms with E-state index in [0.29, 0.717) is 23.7 Å². The minimum absolute atomic E-state index is 0.000427. The van der Waals surface area contributed by atoms with Gasteiger partial charge in [-0.25, -0.2) is 4.39 Å². The molecular weight excluding hydrogens is 437 g/mol. The number of halogens is 2. The Balaban J connectivity index is 1.84. The first-order valence-electron chi connectivity index (χ1n) is 9.89. The highest BCUT2D eigenvalue weighted by Gasteiger charge is 2.46. The minimum Gasteiger partial charge on any atom is -0.507 e. The molecule has 0 aliphatic carbocycles. The monoisotopic (exact) mass is 455 g/mol. The number of ether oxygens (including phenoxy) is 1. The number of carbonyl (C=O) groups excluding carboxylic acids is 2. The maximum absolute atomic E-state index is 13.5. The average Bonchev–Trinajstić information content (AvgIpc) is 3.38. The number of amides is 1. The smallest absolute Gasteiger partial charge is 0.296 e. The minimum atomic E-state index is -0.939. The fourth-order valence-corrected chi connectivity index (χ4v) is 3.92. The van der Waals surface area contributed by atoms with Crippen LogP contribution in [0.15, 0.2) is 70.9 Å². The number of furan rings is 1. The van der Waals surface area contributed by atoms with E-state index in [4.69, 9.17) is 20.8 Å². The van der Waals surface area contributed by atoms with Crippen molar-refractivity contribution in [2.24, 2.45) is 0 Å². The van der Waals surface area contributed by atoms with Crippen LogP contribution in [-0.4, -0.2) is 28.3 Å². The Labute approximate surface area is 188 Å². The first-order chi connectivity index (χ1) is 15.4. The standard InChI is InChI=1S/C24H19ClFNO5/c1-2-31-19-10-7-15(12-18(19)25)22(28)20-21(14-5-8-16(26)9-6-14)27(24(30)23(20)29)13-17-4-3-11-32-17/h3-12,21,28H,2,13H2,1H3/b22-20-. The van der Waals surface area contributed by atoms with E-state index in [0.717, 1.165) is 0 Å². The third-order valence-corrected chi connectivity index (χ3v) is 5.43. The highest BCUT2D eigenvalue weighted by Crippen LogP contribution is 2.41. The van der Waals surface area contributed by atoms with Gasteiger partial charge in [0.25, 0.3) is 11.7 Å². The maximum atomic E-state index is 13.5. The summed E-state index contributed by atoms with van der Waals surface area (Å²) < 4.78 is 24.3. The molecule has 1 saturated heterocycles. The molecule has 8 heteroatoms. The Bertz CT molecular complexity index is 1190. The zero-order valence-corrected chi connectivity index (χ0v) is 17.8. The topological polar surface area (TPSA) is 80.0 Å². The second kappa shape index (κ2) is 8.88. The summed E-state index contributed by atoms with van der Waals surface area (Å²) in [7, 11) is 0. The van der Waals surface area contributed by atoms with Crippen LogP contribution in [-0.2, 0) is 16.1 Å². The molecule has 1 amide bonds. The SMILES string of the molecule is CCOc1ccc(/C(O)=C2/C(=O)C(=O)N(Cc3ccco3)C2c2ccc(F)cc2)cc1Cl. The average molecular weight is 456 g/mol. The molecule has 0 saturated carbocycles. The number of aliphatic hydroxyl groups excluding tert-OH is 1. The molecule has 4 rings (SSSR count). The largest absolute Gasteiger partial charge is 0.507 e. The molecular formula is C24H19ClFNO5.